The van der Waals surface area contributed by atoms with Gasteiger partial charge >= 0.3 is 6.03 Å². The molecule has 2 aliphatic rings. The van der Waals surface area contributed by atoms with E-state index in [2.05, 4.69) is 4.99 Å². The first-order chi connectivity index (χ1) is 8.93. The van der Waals surface area contributed by atoms with Gasteiger partial charge in [-0.25, -0.2) is 4.79 Å². The van der Waals surface area contributed by atoms with Gasteiger partial charge in [0.25, 0.3) is 5.91 Å². The molecule has 1 aromatic heterocycles. The number of fused-ring (bicyclic) bond motifs is 3. The van der Waals surface area contributed by atoms with Crippen molar-refractivity contribution in [1.29, 1.82) is 0 Å². The summed E-state index contributed by atoms with van der Waals surface area (Å²) in [6.07, 6.45) is -0.607. The number of imide groups is 1. The minimum atomic E-state index is -0.710. The van der Waals surface area contributed by atoms with Gasteiger partial charge in [0.05, 0.1) is 11.4 Å². The third-order valence-corrected chi connectivity index (χ3v) is 3.72. The second-order valence-corrected chi connectivity index (χ2v) is 4.81. The van der Waals surface area contributed by atoms with Crippen LogP contribution in [0.1, 0.15) is 18.8 Å². The third-order valence-electron chi connectivity index (χ3n) is 3.72. The van der Waals surface area contributed by atoms with E-state index in [1.165, 1.54) is 18.0 Å². The van der Waals surface area contributed by atoms with Gasteiger partial charge in [-0.1, -0.05) is 0 Å². The number of aromatic nitrogens is 1. The van der Waals surface area contributed by atoms with Gasteiger partial charge in [-0.05, 0) is 13.0 Å². The third kappa shape index (κ3) is 1.35. The number of carbonyl (C=O) groups is 2. The molecule has 100 valence electrons. The van der Waals surface area contributed by atoms with Crippen molar-refractivity contribution >= 4 is 17.6 Å². The maximum atomic E-state index is 12.2. The molecule has 1 fully saturated rings. The lowest BCUT2D eigenvalue weighted by molar-refractivity contribution is -0.134. The Morgan fingerprint density at radius 1 is 1.26 bits per heavy atom. The van der Waals surface area contributed by atoms with E-state index in [1.807, 2.05) is 0 Å². The van der Waals surface area contributed by atoms with Crippen LogP contribution >= 0.6 is 0 Å². The van der Waals surface area contributed by atoms with Crippen LogP contribution in [0.5, 0.6) is 5.88 Å². The van der Waals surface area contributed by atoms with Crippen LogP contribution < -0.4 is 0 Å². The lowest BCUT2D eigenvalue weighted by Crippen LogP contribution is -2.60. The lowest BCUT2D eigenvalue weighted by Gasteiger charge is -2.43. The first-order valence-electron chi connectivity index (χ1n) is 5.93. The Bertz CT molecular complexity index is 618. The summed E-state index contributed by atoms with van der Waals surface area (Å²) < 4.78 is 1.58. The van der Waals surface area contributed by atoms with Gasteiger partial charge in [-0.15, -0.1) is 0 Å². The van der Waals surface area contributed by atoms with Crippen LogP contribution in [0.3, 0.4) is 0 Å². The van der Waals surface area contributed by atoms with Gasteiger partial charge in [0, 0.05) is 20.2 Å². The average molecular weight is 262 g/mol. The van der Waals surface area contributed by atoms with Crippen molar-refractivity contribution in [2.75, 3.05) is 14.1 Å². The van der Waals surface area contributed by atoms with E-state index in [-0.39, 0.29) is 11.8 Å². The second kappa shape index (κ2) is 3.59. The number of amides is 3. The molecule has 3 amide bonds. The number of nitrogens with zero attached hydrogens (tertiary/aromatic N) is 4. The highest BCUT2D eigenvalue weighted by Gasteiger charge is 2.47. The molecule has 2 aliphatic heterocycles. The van der Waals surface area contributed by atoms with Crippen LogP contribution in [0, 0.1) is 0 Å². The number of urea groups is 1. The fourth-order valence-corrected chi connectivity index (χ4v) is 2.70. The summed E-state index contributed by atoms with van der Waals surface area (Å²) in [6.45, 7) is 1.78. The van der Waals surface area contributed by atoms with Gasteiger partial charge in [0.1, 0.15) is 6.17 Å². The molecule has 0 unspecified atom stereocenters. The summed E-state index contributed by atoms with van der Waals surface area (Å²) in [4.78, 5) is 31.0. The molecule has 0 saturated carbocycles. The van der Waals surface area contributed by atoms with E-state index < -0.39 is 18.2 Å². The van der Waals surface area contributed by atoms with Crippen LogP contribution in [-0.2, 0) is 4.79 Å². The highest BCUT2D eigenvalue weighted by Crippen LogP contribution is 2.35. The molecule has 7 nitrogen and oxygen atoms in total. The van der Waals surface area contributed by atoms with Crippen molar-refractivity contribution in [3.63, 3.8) is 0 Å². The zero-order valence-corrected chi connectivity index (χ0v) is 10.9. The molecular weight excluding hydrogens is 248 g/mol. The molecule has 1 saturated heterocycles. The van der Waals surface area contributed by atoms with Gasteiger partial charge in [0.15, 0.2) is 11.9 Å². The highest BCUT2D eigenvalue weighted by molar-refractivity contribution is 6.05. The average Bonchev–Trinajstić information content (AvgIpc) is 2.77. The number of aliphatic imine (C=N–C) groups is 1. The molecule has 1 N–H and O–H groups in total. The van der Waals surface area contributed by atoms with Gasteiger partial charge in [0.2, 0.25) is 0 Å². The van der Waals surface area contributed by atoms with Gasteiger partial charge < -0.3 is 10.0 Å². The standard InChI is InChI=1S/C12H14N4O3/c1-6-7-4-5-8(17)16(7)10-9(13-6)11(18)15(3)12(19)14(10)2/h4-5,9-10,17H,1-3H3/t9-,10-/m1/s1. The number of aromatic hydroxyl groups is 1. The molecule has 0 radical (unpaired) electrons. The largest absolute Gasteiger partial charge is 0.494 e. The van der Waals surface area contributed by atoms with E-state index >= 15 is 0 Å². The smallest absolute Gasteiger partial charge is 0.327 e. The van der Waals surface area contributed by atoms with Crippen molar-refractivity contribution in [3.05, 3.63) is 17.8 Å². The quantitative estimate of drug-likeness (QED) is 0.735. The van der Waals surface area contributed by atoms with Crippen molar-refractivity contribution in [2.24, 2.45) is 4.99 Å². The molecule has 7 heteroatoms. The van der Waals surface area contributed by atoms with Crippen molar-refractivity contribution in [3.8, 4) is 5.88 Å². The number of likely N-dealkylation sites (N-methyl/N-ethyl adjacent to an activating group) is 2. The molecular formula is C12H14N4O3. The highest BCUT2D eigenvalue weighted by atomic mass is 16.3. The predicted molar refractivity (Wildman–Crippen MR) is 67.1 cm³/mol. The van der Waals surface area contributed by atoms with E-state index in [4.69, 9.17) is 0 Å². The van der Waals surface area contributed by atoms with Crippen LogP contribution in [0.25, 0.3) is 0 Å². The summed E-state index contributed by atoms with van der Waals surface area (Å²) in [5.74, 6) is -0.331. The van der Waals surface area contributed by atoms with Crippen LogP contribution in [0.4, 0.5) is 4.79 Å². The topological polar surface area (TPSA) is 78.1 Å². The Labute approximate surface area is 109 Å². The first kappa shape index (κ1) is 11.8. The Kier molecular flexibility index (Phi) is 2.23. The van der Waals surface area contributed by atoms with Crippen LogP contribution in [-0.4, -0.2) is 57.3 Å². The zero-order chi connectivity index (χ0) is 13.9. The molecule has 1 aromatic rings. The van der Waals surface area contributed by atoms with Crippen molar-refractivity contribution < 1.29 is 14.7 Å². The number of hydrogen-bond donors (Lipinski definition) is 1. The molecule has 0 bridgehead atoms. The molecule has 0 aliphatic carbocycles. The number of hydrogen-bond acceptors (Lipinski definition) is 4. The lowest BCUT2D eigenvalue weighted by atomic mass is 10.1. The fourth-order valence-electron chi connectivity index (χ4n) is 2.70. The molecule has 3 heterocycles. The minimum Gasteiger partial charge on any atom is -0.494 e. The van der Waals surface area contributed by atoms with Crippen molar-refractivity contribution in [1.82, 2.24) is 14.4 Å². The summed E-state index contributed by atoms with van der Waals surface area (Å²) in [7, 11) is 3.04. The Hall–Kier alpha value is -2.31. The van der Waals surface area contributed by atoms with E-state index in [0.717, 1.165) is 10.6 Å². The van der Waals surface area contributed by atoms with E-state index in [9.17, 15) is 14.7 Å². The summed E-state index contributed by atoms with van der Waals surface area (Å²) in [6, 6.07) is 2.15. The Morgan fingerprint density at radius 2 is 1.95 bits per heavy atom. The zero-order valence-electron chi connectivity index (χ0n) is 10.9. The van der Waals surface area contributed by atoms with Crippen LogP contribution in [0.2, 0.25) is 0 Å². The monoisotopic (exact) mass is 262 g/mol. The van der Waals surface area contributed by atoms with Gasteiger partial charge in [-0.3, -0.25) is 19.3 Å². The maximum Gasteiger partial charge on any atom is 0.327 e. The Balaban J connectivity index is 2.21. The van der Waals surface area contributed by atoms with Gasteiger partial charge in [-0.2, -0.15) is 0 Å². The van der Waals surface area contributed by atoms with E-state index in [1.54, 1.807) is 24.6 Å². The summed E-state index contributed by atoms with van der Waals surface area (Å²) >= 11 is 0. The molecule has 3 rings (SSSR count). The normalized spacial score (nSPS) is 26.2. The first-order valence-corrected chi connectivity index (χ1v) is 5.93. The molecule has 2 atom stereocenters. The maximum absolute atomic E-state index is 12.2. The van der Waals surface area contributed by atoms with Crippen LogP contribution in [0.15, 0.2) is 17.1 Å². The fraction of sp³-hybridized carbons (Fsp3) is 0.417. The summed E-state index contributed by atoms with van der Waals surface area (Å²) in [5, 5.41) is 9.95. The summed E-state index contributed by atoms with van der Waals surface area (Å²) in [5.41, 5.74) is 1.39. The van der Waals surface area contributed by atoms with E-state index in [0.29, 0.717) is 5.71 Å². The molecule has 0 aromatic carbocycles. The number of rotatable bonds is 0. The predicted octanol–water partition coefficient (Wildman–Crippen LogP) is 0.407. The Morgan fingerprint density at radius 3 is 2.63 bits per heavy atom. The molecule has 0 spiro atoms. The number of carbonyl (C=O) groups excluding carboxylic acids is 2. The molecule has 19 heavy (non-hydrogen) atoms. The van der Waals surface area contributed by atoms with Crippen molar-refractivity contribution in [2.45, 2.75) is 19.1 Å². The SMILES string of the molecule is CC1=N[C@H]2C(=O)N(C)C(=O)N(C)[C@@H]2n2c(O)ccc21. The second-order valence-electron chi connectivity index (χ2n) is 4.81. The minimum absolute atomic E-state index is 0.0243.